The fraction of sp³-hybridized carbons (Fsp3) is 0.375. The Morgan fingerprint density at radius 2 is 2.35 bits per heavy atom. The molecule has 3 rings (SSSR count). The molecule has 3 N–H and O–H groups in total. The Balaban J connectivity index is 1.72. The van der Waals surface area contributed by atoms with E-state index < -0.39 is 16.9 Å². The van der Waals surface area contributed by atoms with Crippen LogP contribution in [0.15, 0.2) is 32.8 Å². The van der Waals surface area contributed by atoms with E-state index >= 15 is 0 Å². The van der Waals surface area contributed by atoms with Gasteiger partial charge in [-0.1, -0.05) is 11.8 Å². The summed E-state index contributed by atoms with van der Waals surface area (Å²) >= 11 is 2.63. The number of hydrogen-bond donors (Lipinski definition) is 3. The number of aromatic nitrogens is 1. The summed E-state index contributed by atoms with van der Waals surface area (Å²) in [6.45, 7) is 3.31. The van der Waals surface area contributed by atoms with Crippen LogP contribution in [0, 0.1) is 23.0 Å². The van der Waals surface area contributed by atoms with Crippen molar-refractivity contribution in [2.24, 2.45) is 5.92 Å². The van der Waals surface area contributed by atoms with Gasteiger partial charge in [0.1, 0.15) is 0 Å². The first-order valence-electron chi connectivity index (χ1n) is 7.99. The topological polar surface area (TPSA) is 117 Å². The number of nitrogens with one attached hydrogen (secondary N) is 2. The molecule has 1 saturated heterocycles. The van der Waals surface area contributed by atoms with Crippen LogP contribution in [0.25, 0.3) is 0 Å². The van der Waals surface area contributed by atoms with Gasteiger partial charge in [-0.3, -0.25) is 14.9 Å². The minimum atomic E-state index is -0.496. The summed E-state index contributed by atoms with van der Waals surface area (Å²) in [5, 5.41) is 28.8. The Morgan fingerprint density at radius 3 is 2.96 bits per heavy atom. The number of amides is 1. The number of carbonyl (C=O) groups is 1. The van der Waals surface area contributed by atoms with E-state index in [1.165, 1.54) is 29.2 Å². The van der Waals surface area contributed by atoms with Crippen LogP contribution in [0.5, 0.6) is 0 Å². The molecule has 1 fully saturated rings. The average molecular weight is 394 g/mol. The first-order chi connectivity index (χ1) is 12.4. The number of rotatable bonds is 6. The zero-order valence-corrected chi connectivity index (χ0v) is 15.6. The summed E-state index contributed by atoms with van der Waals surface area (Å²) < 4.78 is 0.713. The van der Waals surface area contributed by atoms with E-state index in [1.807, 2.05) is 12.3 Å². The van der Waals surface area contributed by atoms with Crippen LogP contribution in [0.2, 0.25) is 0 Å². The third-order valence-corrected chi connectivity index (χ3v) is 6.16. The molecule has 26 heavy (non-hydrogen) atoms. The van der Waals surface area contributed by atoms with Gasteiger partial charge in [0.2, 0.25) is 0 Å². The van der Waals surface area contributed by atoms with Gasteiger partial charge >= 0.3 is 0 Å². The summed E-state index contributed by atoms with van der Waals surface area (Å²) in [6, 6.07) is 4.41. The van der Waals surface area contributed by atoms with E-state index in [0.29, 0.717) is 28.9 Å². The number of β-amino-alcohol motifs (C(OH)–C–C–N with tert-alkyl or cyclic N) is 1. The Morgan fingerprint density at radius 1 is 1.54 bits per heavy atom. The Bertz CT molecular complexity index is 826. The summed E-state index contributed by atoms with van der Waals surface area (Å²) in [5.74, 6) is -0.453. The molecule has 2 unspecified atom stereocenters. The monoisotopic (exact) mass is 394 g/mol. The van der Waals surface area contributed by atoms with Crippen molar-refractivity contribution in [3.63, 3.8) is 0 Å². The van der Waals surface area contributed by atoms with Crippen LogP contribution in [-0.4, -0.2) is 46.7 Å². The summed E-state index contributed by atoms with van der Waals surface area (Å²) in [5.41, 5.74) is 0.953. The smallest absolute Gasteiger partial charge is 0.284 e. The minimum absolute atomic E-state index is 0.0584. The molecule has 8 nitrogen and oxygen atoms in total. The number of benzene rings is 1. The zero-order valence-electron chi connectivity index (χ0n) is 14.0. The third-order valence-electron chi connectivity index (χ3n) is 4.04. The molecule has 0 bridgehead atoms. The molecule has 2 heterocycles. The fourth-order valence-electron chi connectivity index (χ4n) is 2.61. The van der Waals surface area contributed by atoms with E-state index in [2.05, 4.69) is 15.6 Å². The number of thiazole rings is 1. The van der Waals surface area contributed by atoms with Crippen LogP contribution < -0.4 is 10.6 Å². The van der Waals surface area contributed by atoms with Gasteiger partial charge in [0.05, 0.1) is 15.9 Å². The van der Waals surface area contributed by atoms with Crippen molar-refractivity contribution >= 4 is 34.7 Å². The molecule has 1 aromatic carbocycles. The van der Waals surface area contributed by atoms with E-state index in [1.54, 1.807) is 12.1 Å². The fourth-order valence-corrected chi connectivity index (χ4v) is 4.49. The molecule has 1 aliphatic rings. The first-order valence-corrected chi connectivity index (χ1v) is 9.69. The minimum Gasteiger partial charge on any atom is -0.391 e. The molecule has 138 valence electrons. The Labute approximate surface area is 158 Å². The number of nitro groups is 1. The molecule has 10 heteroatoms. The molecule has 1 aromatic heterocycles. The van der Waals surface area contributed by atoms with E-state index in [-0.39, 0.29) is 17.2 Å². The molecule has 0 spiro atoms. The number of nitro benzene ring substituents is 1. The lowest BCUT2D eigenvalue weighted by molar-refractivity contribution is -0.387. The van der Waals surface area contributed by atoms with Gasteiger partial charge in [0.25, 0.3) is 11.6 Å². The maximum atomic E-state index is 12.3. The molecular weight excluding hydrogens is 376 g/mol. The highest BCUT2D eigenvalue weighted by atomic mass is 32.2. The second-order valence-corrected chi connectivity index (χ2v) is 8.14. The van der Waals surface area contributed by atoms with Gasteiger partial charge in [-0.2, -0.15) is 0 Å². The Hall–Kier alpha value is -2.01. The second kappa shape index (κ2) is 8.12. The normalized spacial score (nSPS) is 19.5. The summed E-state index contributed by atoms with van der Waals surface area (Å²) in [6.07, 6.45) is -0.495. The number of carbonyl (C=O) groups excluding carboxylic acids is 1. The highest BCUT2D eigenvalue weighted by Gasteiger charge is 2.26. The van der Waals surface area contributed by atoms with Crippen molar-refractivity contribution in [1.29, 1.82) is 0 Å². The highest BCUT2D eigenvalue weighted by Crippen LogP contribution is 2.36. The van der Waals surface area contributed by atoms with Crippen LogP contribution in [0.3, 0.4) is 0 Å². The highest BCUT2D eigenvalue weighted by molar-refractivity contribution is 8.01. The SMILES string of the molecule is Cc1csc(Sc2ccc(C(=O)NCC3CNCC3O)cc2[N+](=O)[O-])n1. The first kappa shape index (κ1) is 18.8. The number of aliphatic hydroxyl groups excluding tert-OH is 1. The maximum Gasteiger partial charge on any atom is 0.284 e. The molecule has 0 aliphatic carbocycles. The zero-order chi connectivity index (χ0) is 18.7. The van der Waals surface area contributed by atoms with Crippen LogP contribution in [0.1, 0.15) is 16.1 Å². The molecular formula is C16H18N4O4S2. The van der Waals surface area contributed by atoms with E-state index in [4.69, 9.17) is 0 Å². The molecule has 1 amide bonds. The van der Waals surface area contributed by atoms with Gasteiger partial charge in [0.15, 0.2) is 4.34 Å². The predicted molar refractivity (Wildman–Crippen MR) is 98.8 cm³/mol. The Kier molecular flexibility index (Phi) is 5.87. The van der Waals surface area contributed by atoms with E-state index in [9.17, 15) is 20.0 Å². The molecule has 1 aliphatic heterocycles. The third kappa shape index (κ3) is 4.39. The summed E-state index contributed by atoms with van der Waals surface area (Å²) in [7, 11) is 0. The second-order valence-electron chi connectivity index (χ2n) is 5.99. The van der Waals surface area contributed by atoms with Crippen molar-refractivity contribution in [2.75, 3.05) is 19.6 Å². The van der Waals surface area contributed by atoms with Gasteiger partial charge in [-0.25, -0.2) is 4.98 Å². The van der Waals surface area contributed by atoms with Crippen LogP contribution >= 0.6 is 23.1 Å². The van der Waals surface area contributed by atoms with Crippen molar-refractivity contribution in [1.82, 2.24) is 15.6 Å². The van der Waals surface area contributed by atoms with Gasteiger partial charge in [0, 0.05) is 48.3 Å². The van der Waals surface area contributed by atoms with E-state index in [0.717, 1.165) is 5.69 Å². The molecule has 0 saturated carbocycles. The summed E-state index contributed by atoms with van der Waals surface area (Å²) in [4.78, 5) is 27.9. The van der Waals surface area contributed by atoms with Crippen molar-refractivity contribution in [3.05, 3.63) is 45.0 Å². The van der Waals surface area contributed by atoms with Crippen molar-refractivity contribution in [2.45, 2.75) is 22.3 Å². The number of aliphatic hydroxyl groups is 1. The lowest BCUT2D eigenvalue weighted by Crippen LogP contribution is -2.34. The van der Waals surface area contributed by atoms with Crippen LogP contribution in [0.4, 0.5) is 5.69 Å². The van der Waals surface area contributed by atoms with Gasteiger partial charge in [-0.05, 0) is 19.1 Å². The van der Waals surface area contributed by atoms with Gasteiger partial charge in [-0.15, -0.1) is 11.3 Å². The number of aryl methyl sites for hydroxylation is 1. The predicted octanol–water partition coefficient (Wildman–Crippen LogP) is 1.82. The number of nitrogens with zero attached hydrogens (tertiary/aromatic N) is 2. The quantitative estimate of drug-likeness (QED) is 0.505. The van der Waals surface area contributed by atoms with Gasteiger partial charge < -0.3 is 15.7 Å². The van der Waals surface area contributed by atoms with Crippen molar-refractivity contribution < 1.29 is 14.8 Å². The van der Waals surface area contributed by atoms with Crippen molar-refractivity contribution in [3.8, 4) is 0 Å². The lowest BCUT2D eigenvalue weighted by Gasteiger charge is -2.14. The van der Waals surface area contributed by atoms with Crippen LogP contribution in [-0.2, 0) is 0 Å². The standard InChI is InChI=1S/C16H18N4O4S2/c1-9-8-25-16(19-9)26-14-3-2-10(4-12(14)20(23)24)15(22)18-6-11-5-17-7-13(11)21/h2-4,8,11,13,17,21H,5-7H2,1H3,(H,18,22). The molecule has 2 atom stereocenters. The maximum absolute atomic E-state index is 12.3. The number of hydrogen-bond acceptors (Lipinski definition) is 8. The largest absolute Gasteiger partial charge is 0.391 e. The lowest BCUT2D eigenvalue weighted by atomic mass is 10.1. The average Bonchev–Trinajstić information content (AvgIpc) is 3.21. The molecule has 0 radical (unpaired) electrons. The molecule has 2 aromatic rings.